The van der Waals surface area contributed by atoms with Crippen molar-refractivity contribution < 1.29 is 98.0 Å². The molecular formula is C69H81ClN8O21S2. The number of benzene rings is 6. The Kier molecular flexibility index (Phi) is 25.2. The molecular weight excluding hydrogens is 1380 g/mol. The van der Waals surface area contributed by atoms with Crippen LogP contribution in [0.3, 0.4) is 0 Å². The van der Waals surface area contributed by atoms with Crippen LogP contribution < -0.4 is 49.1 Å². The number of amides is 3. The number of Topliss-reactive ketones (excluding diaryl/α,β-unsaturated/α-hetero) is 1. The van der Waals surface area contributed by atoms with Gasteiger partial charge in [-0.1, -0.05) is 48.0 Å². The van der Waals surface area contributed by atoms with Crippen LogP contribution in [0, 0.1) is 13.8 Å². The van der Waals surface area contributed by atoms with E-state index in [1.54, 1.807) is 53.7 Å². The fraction of sp³-hybridized carbons (Fsp3) is 0.391. The third-order valence-corrected chi connectivity index (χ3v) is 19.7. The fourth-order valence-electron chi connectivity index (χ4n) is 11.4. The second-order valence-electron chi connectivity index (χ2n) is 24.3. The molecule has 3 amide bonds. The van der Waals surface area contributed by atoms with Gasteiger partial charge in [-0.3, -0.25) is 24.2 Å². The van der Waals surface area contributed by atoms with Gasteiger partial charge >= 0.3 is 10.4 Å². The minimum atomic E-state index is -5.26. The number of likely N-dealkylation sites (N-methyl/N-ethyl adjacent to an activating group) is 1. The summed E-state index contributed by atoms with van der Waals surface area (Å²) >= 11 is 6.65. The third-order valence-electron chi connectivity index (χ3n) is 16.8. The molecule has 6 aromatic carbocycles. The molecule has 0 saturated carbocycles. The second kappa shape index (κ2) is 33.9. The number of hydrogen-bond acceptors (Lipinski definition) is 25. The van der Waals surface area contributed by atoms with E-state index in [0.717, 1.165) is 17.7 Å². The lowest BCUT2D eigenvalue weighted by Crippen LogP contribution is -2.60. The molecule has 1 unspecified atom stereocenters. The topological polar surface area (TPSA) is 374 Å². The third kappa shape index (κ3) is 18.7. The molecule has 32 heteroatoms. The number of hydrogen-bond donors (Lipinski definition) is 9. The predicted octanol–water partition coefficient (Wildman–Crippen LogP) is 4.17. The van der Waals surface area contributed by atoms with Crippen LogP contribution in [-0.2, 0) is 39.2 Å². The maximum Gasteiger partial charge on any atom is 0.501 e. The molecule has 4 heterocycles. The number of carbonyl (C=O) groups excluding carboxylic acids is 4. The summed E-state index contributed by atoms with van der Waals surface area (Å²) in [6, 6.07) is 27.7. The van der Waals surface area contributed by atoms with Gasteiger partial charge in [0.15, 0.2) is 44.4 Å². The molecule has 3 aliphatic heterocycles. The van der Waals surface area contributed by atoms with Crippen molar-refractivity contribution >= 4 is 82.7 Å². The lowest BCUT2D eigenvalue weighted by molar-refractivity contribution is -0.277. The van der Waals surface area contributed by atoms with E-state index in [0.29, 0.717) is 93.1 Å². The van der Waals surface area contributed by atoms with Crippen LogP contribution in [0.25, 0.3) is 21.7 Å². The van der Waals surface area contributed by atoms with Crippen LogP contribution in [0.15, 0.2) is 126 Å². The Hall–Kier alpha value is -8.67. The zero-order chi connectivity index (χ0) is 72.1. The largest absolute Gasteiger partial charge is 0.501 e. The number of halogens is 1. The number of rotatable bonds is 35. The number of fused-ring (bicyclic) bond motifs is 4. The van der Waals surface area contributed by atoms with Gasteiger partial charge in [0, 0.05) is 89.2 Å². The number of aliphatic hydroxyl groups excluding tert-OH is 4. The van der Waals surface area contributed by atoms with Crippen LogP contribution in [0.2, 0.25) is 0 Å². The first-order valence-electron chi connectivity index (χ1n) is 32.3. The second-order valence-corrected chi connectivity index (χ2v) is 27.9. The van der Waals surface area contributed by atoms with Crippen molar-refractivity contribution in [1.29, 1.82) is 0 Å². The number of alkyl halides is 1. The summed E-state index contributed by atoms with van der Waals surface area (Å²) in [7, 11) is -3.53. The highest BCUT2D eigenvalue weighted by Gasteiger charge is 2.45. The molecule has 101 heavy (non-hydrogen) atoms. The van der Waals surface area contributed by atoms with Crippen molar-refractivity contribution in [2.24, 2.45) is 0 Å². The highest BCUT2D eigenvalue weighted by Crippen LogP contribution is 2.48. The first kappa shape index (κ1) is 75.0. The zero-order valence-electron chi connectivity index (χ0n) is 56.0. The molecule has 0 aliphatic carbocycles. The average molecular weight is 1460 g/mol. The number of anilines is 1. The first-order chi connectivity index (χ1) is 48.4. The van der Waals surface area contributed by atoms with Gasteiger partial charge in [-0.25, -0.2) is 8.42 Å². The van der Waals surface area contributed by atoms with Gasteiger partial charge < -0.3 is 92.8 Å². The van der Waals surface area contributed by atoms with Crippen molar-refractivity contribution in [2.45, 2.75) is 61.8 Å². The number of H-pyrrole nitrogens is 1. The zero-order valence-corrected chi connectivity index (χ0v) is 58.4. The number of nitrogens with zero attached hydrogens (tertiary/aromatic N) is 3. The summed E-state index contributed by atoms with van der Waals surface area (Å²) in [5.74, 6) is -2.92. The number of ketones is 1. The standard InChI is InChI=1S/C69H81ClN8O21S2/c1-41-9-16-49(17-10-41)100(87,88)30-19-54(80)43-11-13-44(14-12-43)66(84)72-37-48-39-77(75-74-48)22-24-93-27-29-94-28-26-92-23-20-71-67(85)45-15-18-55(96-69-65(83)64(82)63(81)60(40-79)97-69)59(32-45)99-101(89,90)98-56-35-53-62(61-42(2)7-6-8-50(56)61)47(36-70)38-78(53)68(86)52-31-46-33-58(95-25-21-76(3)4)57(91-5)34-51(46)73-52/h6-18,31-35,39,47,60,63-65,69,73-75,79,81-83H,19-30,36-38,40H2,1-5H3,(H,71,85)(H,72,84)/t47-,60-,63+,64+,65?,69-/m1/s1. The summed E-state index contributed by atoms with van der Waals surface area (Å²) in [5.41, 5.74) is 10.5. The average Bonchev–Trinajstić information content (AvgIpc) is 1.63. The normalized spacial score (nSPS) is 18.3. The molecule has 29 nitrogen and oxygen atoms in total. The van der Waals surface area contributed by atoms with E-state index in [1.807, 2.05) is 38.9 Å². The van der Waals surface area contributed by atoms with Crippen molar-refractivity contribution in [1.82, 2.24) is 36.5 Å². The highest BCUT2D eigenvalue weighted by molar-refractivity contribution is 7.91. The Morgan fingerprint density at radius 1 is 0.733 bits per heavy atom. The number of nitrogens with one attached hydrogen (secondary N) is 5. The van der Waals surface area contributed by atoms with E-state index in [2.05, 4.69) is 26.6 Å². The van der Waals surface area contributed by atoms with Gasteiger partial charge in [0.25, 0.3) is 17.7 Å². The van der Waals surface area contributed by atoms with E-state index < -0.39 is 86.8 Å². The number of ether oxygens (including phenoxy) is 7. The summed E-state index contributed by atoms with van der Waals surface area (Å²) in [4.78, 5) is 60.9. The van der Waals surface area contributed by atoms with Crippen molar-refractivity contribution in [3.05, 3.63) is 160 Å². The van der Waals surface area contributed by atoms with E-state index >= 15 is 0 Å². The van der Waals surface area contributed by atoms with Crippen molar-refractivity contribution in [3.63, 3.8) is 0 Å². The van der Waals surface area contributed by atoms with E-state index in [1.165, 1.54) is 60.5 Å². The van der Waals surface area contributed by atoms with Crippen LogP contribution >= 0.6 is 11.6 Å². The smallest absolute Gasteiger partial charge is 0.493 e. The van der Waals surface area contributed by atoms with E-state index in [9.17, 15) is 56.4 Å². The van der Waals surface area contributed by atoms with E-state index in [-0.39, 0.29) is 104 Å². The molecule has 6 atom stereocenters. The monoisotopic (exact) mass is 1460 g/mol. The minimum Gasteiger partial charge on any atom is -0.493 e. The highest BCUT2D eigenvalue weighted by atomic mass is 35.5. The van der Waals surface area contributed by atoms with Gasteiger partial charge in [0.1, 0.15) is 36.7 Å². The van der Waals surface area contributed by atoms with Gasteiger partial charge in [0.2, 0.25) is 6.29 Å². The lowest BCUT2D eigenvalue weighted by Gasteiger charge is -2.39. The van der Waals surface area contributed by atoms with Gasteiger partial charge in [-0.2, -0.15) is 0 Å². The van der Waals surface area contributed by atoms with Crippen LogP contribution in [-0.4, -0.2) is 225 Å². The van der Waals surface area contributed by atoms with Gasteiger partial charge in [-0.15, -0.1) is 25.6 Å². The number of methoxy groups -OCH3 is 1. The maximum absolute atomic E-state index is 14.7. The number of carbonyl (C=O) groups is 4. The molecule has 0 bridgehead atoms. The molecule has 1 aromatic heterocycles. The quantitative estimate of drug-likeness (QED) is 0.0153. The van der Waals surface area contributed by atoms with Gasteiger partial charge in [0.05, 0.1) is 88.5 Å². The number of sulfone groups is 1. The first-order valence-corrected chi connectivity index (χ1v) is 35.9. The lowest BCUT2D eigenvalue weighted by atomic mass is 9.92. The number of aromatic amines is 1. The molecule has 1 fully saturated rings. The van der Waals surface area contributed by atoms with Gasteiger partial charge in [-0.05, 0) is 99.1 Å². The number of aryl methyl sites for hydroxylation is 2. The van der Waals surface area contributed by atoms with Crippen LogP contribution in [0.4, 0.5) is 5.69 Å². The SMILES string of the molecule is COc1cc2[nH]c(C(=O)N3C[C@@H](CCl)c4c3cc(OS(=O)(=O)Oc3cc(C(=O)NCCOCCOCCOCCN5C=C(CNC(=O)c6ccc(C(=O)CCS(=O)(=O)c7ccc(C)cc7)cc6)NN5)ccc3O[C@@H]3O[C@H](CO)[C@H](O)[C@H](O)C3O)c3cccc(C)c43)cc2cc1OCCN(C)C. The van der Waals surface area contributed by atoms with E-state index in [4.69, 9.17) is 53.1 Å². The molecule has 10 rings (SSSR count). The summed E-state index contributed by atoms with van der Waals surface area (Å²) in [6.45, 7) is 5.88. The Balaban J connectivity index is 0.700. The Morgan fingerprint density at radius 2 is 1.43 bits per heavy atom. The van der Waals surface area contributed by atoms with Crippen molar-refractivity contribution in [2.75, 3.05) is 123 Å². The van der Waals surface area contributed by atoms with Crippen LogP contribution in [0.5, 0.6) is 28.7 Å². The molecule has 3 aliphatic rings. The summed E-state index contributed by atoms with van der Waals surface area (Å²) in [6.07, 6.45) is -7.20. The Bertz CT molecular complexity index is 4370. The van der Waals surface area contributed by atoms with Crippen LogP contribution in [0.1, 0.15) is 70.6 Å². The molecule has 0 spiro atoms. The summed E-state index contributed by atoms with van der Waals surface area (Å²) < 4.78 is 106. The molecule has 542 valence electrons. The maximum atomic E-state index is 14.7. The minimum absolute atomic E-state index is 0.00640. The molecule has 0 radical (unpaired) electrons. The fourth-order valence-corrected chi connectivity index (χ4v) is 13.6. The van der Waals surface area contributed by atoms with Crippen molar-refractivity contribution in [3.8, 4) is 28.7 Å². The molecule has 9 N–H and O–H groups in total. The Labute approximate surface area is 588 Å². The molecule has 7 aromatic rings. The summed E-state index contributed by atoms with van der Waals surface area (Å²) in [5, 5.41) is 50.6. The Morgan fingerprint density at radius 3 is 2.14 bits per heavy atom. The number of aromatic nitrogens is 1. The number of hydrazine groups is 2. The predicted molar refractivity (Wildman–Crippen MR) is 371 cm³/mol. The number of aliphatic hydroxyl groups is 4. The molecule has 1 saturated heterocycles.